The van der Waals surface area contributed by atoms with Gasteiger partial charge in [-0.05, 0) is 19.1 Å². The minimum Gasteiger partial charge on any atom is -0.412 e. The number of nitrogens with zero attached hydrogens (tertiary/aromatic N) is 2. The summed E-state index contributed by atoms with van der Waals surface area (Å²) in [6, 6.07) is 4.51. The van der Waals surface area contributed by atoms with Gasteiger partial charge in [-0.2, -0.15) is 0 Å². The number of carbonyl (C=O) groups excluding carboxylic acids is 3. The van der Waals surface area contributed by atoms with E-state index in [-0.39, 0.29) is 0 Å². The van der Waals surface area contributed by atoms with E-state index in [4.69, 9.17) is 16.6 Å². The number of pyridine rings is 1. The van der Waals surface area contributed by atoms with Gasteiger partial charge < -0.3 is 24.0 Å². The summed E-state index contributed by atoms with van der Waals surface area (Å²) in [6.07, 6.45) is 0.618. The highest BCUT2D eigenvalue weighted by Gasteiger charge is 2.18. The van der Waals surface area contributed by atoms with Crippen LogP contribution in [0.2, 0.25) is 0 Å². The lowest BCUT2D eigenvalue weighted by molar-refractivity contribution is -0.135. The van der Waals surface area contributed by atoms with Crippen molar-refractivity contribution in [3.8, 4) is 0 Å². The topological polar surface area (TPSA) is 107 Å². The molecule has 0 fully saturated rings. The molecule has 2 amide bonds. The highest BCUT2D eigenvalue weighted by Crippen LogP contribution is 1.99. The minimum atomic E-state index is -0.994. The molecule has 0 aliphatic rings. The van der Waals surface area contributed by atoms with Crippen molar-refractivity contribution >= 4 is 30.0 Å². The predicted molar refractivity (Wildman–Crippen MR) is 82.9 cm³/mol. The van der Waals surface area contributed by atoms with Gasteiger partial charge in [0.15, 0.2) is 0 Å². The van der Waals surface area contributed by atoms with Crippen molar-refractivity contribution in [2.45, 2.75) is 19.4 Å². The lowest BCUT2D eigenvalue weighted by Gasteiger charge is -2.17. The SMILES string of the molecule is CC(NC(=O)OCOC(=O)N(C)CCc1ccccn1)C(=O)OCl. The first kappa shape index (κ1) is 19.5. The molecule has 0 radical (unpaired) electrons. The van der Waals surface area contributed by atoms with Gasteiger partial charge in [-0.15, -0.1) is 0 Å². The van der Waals surface area contributed by atoms with Crippen LogP contribution < -0.4 is 5.32 Å². The maximum absolute atomic E-state index is 11.7. The molecule has 0 saturated carbocycles. The van der Waals surface area contributed by atoms with Crippen LogP contribution in [0.25, 0.3) is 0 Å². The molecule has 0 aliphatic heterocycles. The summed E-state index contributed by atoms with van der Waals surface area (Å²) in [6.45, 7) is 1.14. The highest BCUT2D eigenvalue weighted by atomic mass is 35.5. The number of alkyl carbamates (subject to hydrolysis) is 1. The highest BCUT2D eigenvalue weighted by molar-refractivity contribution is 6.13. The molecular formula is C14H18ClN3O6. The average Bonchev–Trinajstić information content (AvgIpc) is 2.59. The number of rotatable bonds is 7. The number of carbonyl (C=O) groups is 3. The van der Waals surface area contributed by atoms with E-state index in [2.05, 4.69) is 19.3 Å². The quantitative estimate of drug-likeness (QED) is 0.734. The van der Waals surface area contributed by atoms with Gasteiger partial charge in [-0.25, -0.2) is 14.4 Å². The summed E-state index contributed by atoms with van der Waals surface area (Å²) in [5.41, 5.74) is 0.841. The Labute approximate surface area is 144 Å². The summed E-state index contributed by atoms with van der Waals surface area (Å²) >= 11 is 4.86. The predicted octanol–water partition coefficient (Wildman–Crippen LogP) is 1.46. The van der Waals surface area contributed by atoms with Crippen LogP contribution in [0.4, 0.5) is 9.59 Å². The molecule has 1 unspecified atom stereocenters. The largest absolute Gasteiger partial charge is 0.412 e. The molecule has 132 valence electrons. The Morgan fingerprint density at radius 2 is 2.08 bits per heavy atom. The molecule has 0 saturated heterocycles. The Kier molecular flexibility index (Phi) is 8.34. The first-order chi connectivity index (χ1) is 11.4. The van der Waals surface area contributed by atoms with Crippen LogP contribution in [0.3, 0.4) is 0 Å². The van der Waals surface area contributed by atoms with Gasteiger partial charge in [0.1, 0.15) is 17.9 Å². The fourth-order valence-corrected chi connectivity index (χ4v) is 1.64. The Morgan fingerprint density at radius 1 is 1.33 bits per heavy atom. The van der Waals surface area contributed by atoms with Crippen molar-refractivity contribution in [1.29, 1.82) is 0 Å². The zero-order valence-electron chi connectivity index (χ0n) is 13.2. The summed E-state index contributed by atoms with van der Waals surface area (Å²) in [5.74, 6) is -0.847. The molecule has 1 heterocycles. The fraction of sp³-hybridized carbons (Fsp3) is 0.429. The minimum absolute atomic E-state index is 0.390. The van der Waals surface area contributed by atoms with Crippen molar-refractivity contribution in [2.24, 2.45) is 0 Å². The Morgan fingerprint density at radius 3 is 2.71 bits per heavy atom. The molecule has 10 heteroatoms. The lowest BCUT2D eigenvalue weighted by Crippen LogP contribution is -2.39. The summed E-state index contributed by atoms with van der Waals surface area (Å²) in [5, 5.41) is 2.15. The van der Waals surface area contributed by atoms with Gasteiger partial charge in [-0.3, -0.25) is 4.98 Å². The number of nitrogens with one attached hydrogen (secondary N) is 1. The fourth-order valence-electron chi connectivity index (χ4n) is 1.51. The number of ether oxygens (including phenoxy) is 2. The van der Waals surface area contributed by atoms with Crippen molar-refractivity contribution in [2.75, 3.05) is 20.4 Å². The second kappa shape index (κ2) is 10.3. The second-order valence-corrected chi connectivity index (χ2v) is 4.87. The third-order valence-electron chi connectivity index (χ3n) is 2.88. The molecular weight excluding hydrogens is 342 g/mol. The summed E-state index contributed by atoms with van der Waals surface area (Å²) in [7, 11) is 1.55. The maximum Gasteiger partial charge on any atom is 0.412 e. The van der Waals surface area contributed by atoms with Crippen LogP contribution in [0, 0.1) is 0 Å². The standard InChI is InChI=1S/C14H18ClN3O6/c1-10(12(19)24-15)17-13(20)22-9-23-14(21)18(2)8-6-11-5-3-4-7-16-11/h3-5,7,10H,6,8-9H2,1-2H3,(H,17,20). The van der Waals surface area contributed by atoms with Gasteiger partial charge >= 0.3 is 18.2 Å². The molecule has 0 bridgehead atoms. The molecule has 0 aliphatic carbocycles. The average molecular weight is 360 g/mol. The van der Waals surface area contributed by atoms with Crippen molar-refractivity contribution < 1.29 is 28.1 Å². The first-order valence-corrected chi connectivity index (χ1v) is 7.28. The van der Waals surface area contributed by atoms with Crippen LogP contribution in [0.1, 0.15) is 12.6 Å². The molecule has 0 spiro atoms. The van der Waals surface area contributed by atoms with Gasteiger partial charge in [0.05, 0.1) is 0 Å². The smallest absolute Gasteiger partial charge is 0.412 e. The molecule has 0 aromatic carbocycles. The number of likely N-dealkylation sites (N-methyl/N-ethyl adjacent to an activating group) is 1. The Bertz CT molecular complexity index is 557. The normalized spacial score (nSPS) is 11.1. The third kappa shape index (κ3) is 7.14. The maximum atomic E-state index is 11.7. The molecule has 24 heavy (non-hydrogen) atoms. The molecule has 1 rings (SSSR count). The Hall–Kier alpha value is -2.55. The number of aromatic nitrogens is 1. The number of hydrogen-bond donors (Lipinski definition) is 1. The van der Waals surface area contributed by atoms with Crippen LogP contribution >= 0.6 is 11.9 Å². The van der Waals surface area contributed by atoms with Gasteiger partial charge in [0.2, 0.25) is 6.79 Å². The number of hydrogen-bond acceptors (Lipinski definition) is 7. The zero-order valence-corrected chi connectivity index (χ0v) is 14.0. The van der Waals surface area contributed by atoms with E-state index in [1.54, 1.807) is 19.3 Å². The van der Waals surface area contributed by atoms with Crippen molar-refractivity contribution in [3.63, 3.8) is 0 Å². The van der Waals surface area contributed by atoms with E-state index in [0.29, 0.717) is 13.0 Å². The molecule has 1 atom stereocenters. The van der Waals surface area contributed by atoms with E-state index < -0.39 is 31.0 Å². The van der Waals surface area contributed by atoms with Gasteiger partial charge in [-0.1, -0.05) is 6.07 Å². The van der Waals surface area contributed by atoms with Crippen LogP contribution in [0.5, 0.6) is 0 Å². The zero-order chi connectivity index (χ0) is 17.9. The molecule has 1 aromatic rings. The molecule has 9 nitrogen and oxygen atoms in total. The van der Waals surface area contributed by atoms with Crippen molar-refractivity contribution in [1.82, 2.24) is 15.2 Å². The molecule has 1 aromatic heterocycles. The lowest BCUT2D eigenvalue weighted by atomic mass is 10.2. The monoisotopic (exact) mass is 359 g/mol. The van der Waals surface area contributed by atoms with E-state index in [0.717, 1.165) is 5.69 Å². The van der Waals surface area contributed by atoms with E-state index in [1.807, 2.05) is 12.1 Å². The Balaban J connectivity index is 2.22. The van der Waals surface area contributed by atoms with Gasteiger partial charge in [0, 0.05) is 31.9 Å². The van der Waals surface area contributed by atoms with Crippen LogP contribution in [-0.2, 0) is 25.0 Å². The first-order valence-electron chi connectivity index (χ1n) is 6.97. The van der Waals surface area contributed by atoms with Crippen LogP contribution in [0.15, 0.2) is 24.4 Å². The second-order valence-electron chi connectivity index (χ2n) is 4.71. The van der Waals surface area contributed by atoms with E-state index in [1.165, 1.54) is 11.8 Å². The van der Waals surface area contributed by atoms with Crippen LogP contribution in [-0.4, -0.2) is 54.5 Å². The molecule has 1 N–H and O–H groups in total. The summed E-state index contributed by atoms with van der Waals surface area (Å²) in [4.78, 5) is 39.5. The van der Waals surface area contributed by atoms with Crippen molar-refractivity contribution in [3.05, 3.63) is 30.1 Å². The number of halogens is 1. The summed E-state index contributed by atoms with van der Waals surface area (Å²) < 4.78 is 13.3. The van der Waals surface area contributed by atoms with E-state index in [9.17, 15) is 14.4 Å². The third-order valence-corrected chi connectivity index (χ3v) is 3.03. The van der Waals surface area contributed by atoms with E-state index >= 15 is 0 Å². The van der Waals surface area contributed by atoms with Gasteiger partial charge in [0.25, 0.3) is 0 Å². The number of amides is 2.